The highest BCUT2D eigenvalue weighted by atomic mass is 32.1. The van der Waals surface area contributed by atoms with Gasteiger partial charge in [0.1, 0.15) is 16.4 Å². The summed E-state index contributed by atoms with van der Waals surface area (Å²) in [6, 6.07) is 8.32. The van der Waals surface area contributed by atoms with Crippen LogP contribution in [0, 0.1) is 6.92 Å². The average molecular weight is 244 g/mol. The molecule has 1 heterocycles. The fraction of sp³-hybridized carbons (Fsp3) is 0.429. The van der Waals surface area contributed by atoms with Crippen molar-refractivity contribution >= 4 is 22.9 Å². The minimum Gasteiger partial charge on any atom is -0.351 e. The third-order valence-corrected chi connectivity index (χ3v) is 4.01. The Hall–Kier alpha value is -1.22. The maximum Gasteiger partial charge on any atom is 0.131 e. The van der Waals surface area contributed by atoms with Crippen molar-refractivity contribution in [2.24, 2.45) is 4.99 Å². The van der Waals surface area contributed by atoms with Gasteiger partial charge >= 0.3 is 0 Å². The van der Waals surface area contributed by atoms with E-state index in [9.17, 15) is 0 Å². The van der Waals surface area contributed by atoms with Gasteiger partial charge in [-0.3, -0.25) is 4.99 Å². The van der Waals surface area contributed by atoms with Crippen LogP contribution >= 0.6 is 12.2 Å². The minimum atomic E-state index is -0.0747. The Bertz CT molecular complexity index is 499. The van der Waals surface area contributed by atoms with Crippen molar-refractivity contribution in [2.75, 3.05) is 0 Å². The van der Waals surface area contributed by atoms with Gasteiger partial charge in [-0.05, 0) is 38.2 Å². The predicted octanol–water partition coefficient (Wildman–Crippen LogP) is 2.99. The van der Waals surface area contributed by atoms with Gasteiger partial charge in [0.15, 0.2) is 0 Å². The first-order valence-electron chi connectivity index (χ1n) is 6.19. The highest BCUT2D eigenvalue weighted by molar-refractivity contribution is 7.82. The molecule has 0 amide bonds. The van der Waals surface area contributed by atoms with E-state index in [4.69, 9.17) is 17.2 Å². The van der Waals surface area contributed by atoms with Crippen LogP contribution in [0.15, 0.2) is 29.3 Å². The van der Waals surface area contributed by atoms with Gasteiger partial charge in [-0.25, -0.2) is 0 Å². The number of rotatable bonds is 1. The molecule has 88 valence electrons. The van der Waals surface area contributed by atoms with Crippen LogP contribution in [0.25, 0.3) is 0 Å². The van der Waals surface area contributed by atoms with Crippen LogP contribution in [0.3, 0.4) is 0 Å². The normalized spacial score (nSPS) is 21.7. The van der Waals surface area contributed by atoms with E-state index in [1.54, 1.807) is 0 Å². The van der Waals surface area contributed by atoms with E-state index >= 15 is 0 Å². The lowest BCUT2D eigenvalue weighted by atomic mass is 10.0. The SMILES string of the molecule is Cc1ccccc1C1=NC2(CCCC2)NC1=S. The summed E-state index contributed by atoms with van der Waals surface area (Å²) in [7, 11) is 0. The molecule has 0 aromatic heterocycles. The van der Waals surface area contributed by atoms with Crippen LogP contribution in [-0.2, 0) is 0 Å². The lowest BCUT2D eigenvalue weighted by molar-refractivity contribution is 0.426. The molecule has 1 fully saturated rings. The number of hydrogen-bond acceptors (Lipinski definition) is 2. The van der Waals surface area contributed by atoms with Crippen LogP contribution in [0.1, 0.15) is 36.8 Å². The van der Waals surface area contributed by atoms with E-state index in [0.717, 1.165) is 23.5 Å². The minimum absolute atomic E-state index is 0.0747. The van der Waals surface area contributed by atoms with Crippen LogP contribution in [0.2, 0.25) is 0 Å². The summed E-state index contributed by atoms with van der Waals surface area (Å²) in [6.45, 7) is 2.11. The van der Waals surface area contributed by atoms with E-state index in [2.05, 4.69) is 30.4 Å². The molecular weight excluding hydrogens is 228 g/mol. The lowest BCUT2D eigenvalue weighted by Gasteiger charge is -2.19. The molecule has 1 aromatic carbocycles. The summed E-state index contributed by atoms with van der Waals surface area (Å²) in [6.07, 6.45) is 4.73. The monoisotopic (exact) mass is 244 g/mol. The number of hydrogen-bond donors (Lipinski definition) is 1. The highest BCUT2D eigenvalue weighted by Gasteiger charge is 2.40. The van der Waals surface area contributed by atoms with Crippen molar-refractivity contribution in [3.05, 3.63) is 35.4 Å². The second kappa shape index (κ2) is 3.91. The van der Waals surface area contributed by atoms with Gasteiger partial charge in [0, 0.05) is 5.56 Å². The second-order valence-electron chi connectivity index (χ2n) is 4.97. The quantitative estimate of drug-likeness (QED) is 0.768. The molecule has 17 heavy (non-hydrogen) atoms. The molecule has 0 saturated heterocycles. The van der Waals surface area contributed by atoms with Gasteiger partial charge in [-0.1, -0.05) is 36.5 Å². The molecule has 0 atom stereocenters. The number of aryl methyl sites for hydroxylation is 1. The Labute approximate surface area is 107 Å². The molecule has 1 saturated carbocycles. The summed E-state index contributed by atoms with van der Waals surface area (Å²) in [4.78, 5) is 5.72. The largest absolute Gasteiger partial charge is 0.351 e. The van der Waals surface area contributed by atoms with Crippen molar-refractivity contribution < 1.29 is 0 Å². The third-order valence-electron chi connectivity index (χ3n) is 3.72. The van der Waals surface area contributed by atoms with Gasteiger partial charge in [0.05, 0.1) is 0 Å². The first kappa shape index (κ1) is 10.9. The molecule has 0 unspecified atom stereocenters. The van der Waals surface area contributed by atoms with Crippen LogP contribution in [0.5, 0.6) is 0 Å². The van der Waals surface area contributed by atoms with Gasteiger partial charge in [-0.15, -0.1) is 0 Å². The third kappa shape index (κ3) is 1.78. The molecule has 1 spiro atoms. The summed E-state index contributed by atoms with van der Waals surface area (Å²) in [5.74, 6) is 0. The Balaban J connectivity index is 2.03. The highest BCUT2D eigenvalue weighted by Crippen LogP contribution is 2.34. The van der Waals surface area contributed by atoms with E-state index in [-0.39, 0.29) is 5.66 Å². The van der Waals surface area contributed by atoms with E-state index in [1.807, 2.05) is 6.07 Å². The molecule has 0 radical (unpaired) electrons. The summed E-state index contributed by atoms with van der Waals surface area (Å²) >= 11 is 5.45. The smallest absolute Gasteiger partial charge is 0.131 e. The van der Waals surface area contributed by atoms with Crippen LogP contribution in [-0.4, -0.2) is 16.4 Å². The van der Waals surface area contributed by atoms with Crippen molar-refractivity contribution in [1.29, 1.82) is 0 Å². The van der Waals surface area contributed by atoms with Gasteiger partial charge in [-0.2, -0.15) is 0 Å². The maximum absolute atomic E-state index is 5.45. The topological polar surface area (TPSA) is 24.4 Å². The standard InChI is InChI=1S/C14H16N2S/c1-10-6-2-3-7-11(10)12-13(17)16-14(15-12)8-4-5-9-14/h2-3,6-7H,4-5,8-9H2,1H3,(H,16,17). The molecule has 2 aliphatic rings. The van der Waals surface area contributed by atoms with E-state index in [1.165, 1.54) is 24.0 Å². The van der Waals surface area contributed by atoms with Gasteiger partial charge in [0.25, 0.3) is 0 Å². The maximum atomic E-state index is 5.45. The van der Waals surface area contributed by atoms with Gasteiger partial charge in [0.2, 0.25) is 0 Å². The Morgan fingerprint density at radius 1 is 1.24 bits per heavy atom. The van der Waals surface area contributed by atoms with Crippen molar-refractivity contribution in [2.45, 2.75) is 38.3 Å². The number of benzene rings is 1. The van der Waals surface area contributed by atoms with E-state index in [0.29, 0.717) is 0 Å². The molecule has 2 nitrogen and oxygen atoms in total. The molecule has 3 rings (SSSR count). The summed E-state index contributed by atoms with van der Waals surface area (Å²) in [5.41, 5.74) is 3.33. The van der Waals surface area contributed by atoms with Gasteiger partial charge < -0.3 is 5.32 Å². The van der Waals surface area contributed by atoms with Crippen molar-refractivity contribution in [3.8, 4) is 0 Å². The van der Waals surface area contributed by atoms with Crippen molar-refractivity contribution in [3.63, 3.8) is 0 Å². The molecule has 1 aliphatic heterocycles. The molecule has 1 N–H and O–H groups in total. The number of nitrogens with one attached hydrogen (secondary N) is 1. The zero-order chi connectivity index (χ0) is 11.9. The second-order valence-corrected chi connectivity index (χ2v) is 5.38. The fourth-order valence-corrected chi connectivity index (χ4v) is 3.13. The summed E-state index contributed by atoms with van der Waals surface area (Å²) < 4.78 is 0. The molecule has 1 aromatic rings. The Morgan fingerprint density at radius 3 is 2.65 bits per heavy atom. The Morgan fingerprint density at radius 2 is 1.94 bits per heavy atom. The molecule has 0 bridgehead atoms. The zero-order valence-electron chi connectivity index (χ0n) is 9.99. The number of nitrogens with zero attached hydrogens (tertiary/aromatic N) is 1. The number of aliphatic imine (C=N–C) groups is 1. The molecular formula is C14H16N2S. The average Bonchev–Trinajstić information content (AvgIpc) is 2.88. The van der Waals surface area contributed by atoms with Crippen LogP contribution in [0.4, 0.5) is 0 Å². The summed E-state index contributed by atoms with van der Waals surface area (Å²) in [5, 5.41) is 3.43. The number of thiocarbonyl (C=S) groups is 1. The van der Waals surface area contributed by atoms with Crippen molar-refractivity contribution in [1.82, 2.24) is 5.32 Å². The van der Waals surface area contributed by atoms with E-state index < -0.39 is 0 Å². The lowest BCUT2D eigenvalue weighted by Crippen LogP contribution is -2.39. The zero-order valence-corrected chi connectivity index (χ0v) is 10.8. The Kier molecular flexibility index (Phi) is 2.51. The first-order valence-corrected chi connectivity index (χ1v) is 6.59. The molecule has 3 heteroatoms. The predicted molar refractivity (Wildman–Crippen MR) is 74.6 cm³/mol. The fourth-order valence-electron chi connectivity index (χ4n) is 2.78. The van der Waals surface area contributed by atoms with Crippen LogP contribution < -0.4 is 5.32 Å². The molecule has 1 aliphatic carbocycles. The first-order chi connectivity index (χ1) is 8.20.